The predicted molar refractivity (Wildman–Crippen MR) is 58.7 cm³/mol. The summed E-state index contributed by atoms with van der Waals surface area (Å²) in [6.45, 7) is 0. The first-order valence-electron chi connectivity index (χ1n) is 4.87. The van der Waals surface area contributed by atoms with E-state index in [9.17, 15) is 4.79 Å². The topological polar surface area (TPSA) is 81.1 Å². The van der Waals surface area contributed by atoms with Crippen LogP contribution in [-0.4, -0.2) is 10.9 Å². The molecule has 16 heavy (non-hydrogen) atoms. The fraction of sp³-hybridized carbons (Fsp3) is 0.0909. The van der Waals surface area contributed by atoms with E-state index in [4.69, 9.17) is 10.2 Å². The Hall–Kier alpha value is -2.30. The van der Waals surface area contributed by atoms with E-state index in [-0.39, 0.29) is 11.9 Å². The number of rotatable bonds is 1. The fourth-order valence-electron chi connectivity index (χ4n) is 1.80. The molecule has 0 fully saturated rings. The van der Waals surface area contributed by atoms with Crippen LogP contribution in [0.3, 0.4) is 0 Å². The molecular weight excluding hydrogens is 206 g/mol. The lowest BCUT2D eigenvalue weighted by Gasteiger charge is -2.00. The molecule has 1 amide bonds. The Balaban J connectivity index is 2.05. The van der Waals surface area contributed by atoms with Crippen molar-refractivity contribution in [2.24, 2.45) is 0 Å². The maximum atomic E-state index is 11.2. The summed E-state index contributed by atoms with van der Waals surface area (Å²) in [6.07, 6.45) is 1.98. The number of nitrogens with two attached hydrogens (primary N) is 1. The Bertz CT molecular complexity index is 574. The quantitative estimate of drug-likeness (QED) is 0.753. The molecular formula is C11H9N3O2. The summed E-state index contributed by atoms with van der Waals surface area (Å²) in [6, 6.07) is 5.77. The lowest BCUT2D eigenvalue weighted by molar-refractivity contribution is -0.115. The standard InChI is InChI=1S/C11H9N3O2/c12-11-13-5-9(16-11)6-1-2-8-7(3-6)4-10(15)14-8/h1-3,5H,4H2,(H2,12,13)(H,14,15). The van der Waals surface area contributed by atoms with Crippen LogP contribution in [0, 0.1) is 0 Å². The minimum absolute atomic E-state index is 0.0178. The molecule has 1 aliphatic heterocycles. The second-order valence-corrected chi connectivity index (χ2v) is 3.66. The number of anilines is 2. The van der Waals surface area contributed by atoms with Gasteiger partial charge in [0.05, 0.1) is 12.6 Å². The number of hydrogen-bond acceptors (Lipinski definition) is 4. The number of fused-ring (bicyclic) bond motifs is 1. The third-order valence-corrected chi connectivity index (χ3v) is 2.54. The molecule has 3 N–H and O–H groups in total. The van der Waals surface area contributed by atoms with Gasteiger partial charge in [0, 0.05) is 11.3 Å². The van der Waals surface area contributed by atoms with Gasteiger partial charge in [-0.15, -0.1) is 0 Å². The van der Waals surface area contributed by atoms with Gasteiger partial charge in [-0.05, 0) is 23.8 Å². The maximum Gasteiger partial charge on any atom is 0.292 e. The molecule has 0 bridgehead atoms. The number of nitrogens with one attached hydrogen (secondary N) is 1. The van der Waals surface area contributed by atoms with Crippen LogP contribution in [0.2, 0.25) is 0 Å². The Morgan fingerprint density at radius 2 is 2.31 bits per heavy atom. The van der Waals surface area contributed by atoms with Gasteiger partial charge in [0.1, 0.15) is 0 Å². The fourth-order valence-corrected chi connectivity index (χ4v) is 1.80. The van der Waals surface area contributed by atoms with E-state index >= 15 is 0 Å². The van der Waals surface area contributed by atoms with Gasteiger partial charge < -0.3 is 15.5 Å². The third kappa shape index (κ3) is 1.33. The zero-order valence-electron chi connectivity index (χ0n) is 8.36. The molecule has 0 aliphatic carbocycles. The van der Waals surface area contributed by atoms with Crippen molar-refractivity contribution in [2.75, 3.05) is 11.1 Å². The van der Waals surface area contributed by atoms with Gasteiger partial charge >= 0.3 is 0 Å². The van der Waals surface area contributed by atoms with Crippen LogP contribution in [0.1, 0.15) is 5.56 Å². The van der Waals surface area contributed by atoms with E-state index in [2.05, 4.69) is 10.3 Å². The van der Waals surface area contributed by atoms with Crippen molar-refractivity contribution in [2.45, 2.75) is 6.42 Å². The van der Waals surface area contributed by atoms with Gasteiger partial charge in [0.15, 0.2) is 5.76 Å². The van der Waals surface area contributed by atoms with E-state index in [0.717, 1.165) is 16.8 Å². The van der Waals surface area contributed by atoms with Crippen molar-refractivity contribution in [1.29, 1.82) is 0 Å². The number of nitrogen functional groups attached to an aromatic ring is 1. The van der Waals surface area contributed by atoms with E-state index in [1.54, 1.807) is 6.20 Å². The molecule has 0 radical (unpaired) electrons. The van der Waals surface area contributed by atoms with Crippen molar-refractivity contribution in [1.82, 2.24) is 4.98 Å². The highest BCUT2D eigenvalue weighted by Gasteiger charge is 2.18. The van der Waals surface area contributed by atoms with Gasteiger partial charge in [0.2, 0.25) is 5.91 Å². The molecule has 1 aliphatic rings. The smallest absolute Gasteiger partial charge is 0.292 e. The summed E-state index contributed by atoms with van der Waals surface area (Å²) in [5.74, 6) is 0.629. The predicted octanol–water partition coefficient (Wildman–Crippen LogP) is 1.42. The van der Waals surface area contributed by atoms with E-state index in [0.29, 0.717) is 12.2 Å². The van der Waals surface area contributed by atoms with Crippen LogP contribution in [0.25, 0.3) is 11.3 Å². The molecule has 0 saturated heterocycles. The number of carbonyl (C=O) groups is 1. The molecule has 2 aromatic rings. The van der Waals surface area contributed by atoms with Crippen LogP contribution in [0.15, 0.2) is 28.8 Å². The van der Waals surface area contributed by atoms with Gasteiger partial charge in [-0.1, -0.05) is 0 Å². The highest BCUT2D eigenvalue weighted by atomic mass is 16.4. The number of carbonyl (C=O) groups excluding carboxylic acids is 1. The molecule has 5 heteroatoms. The normalized spacial score (nSPS) is 13.6. The van der Waals surface area contributed by atoms with Crippen LogP contribution < -0.4 is 11.1 Å². The summed E-state index contributed by atoms with van der Waals surface area (Å²) in [5, 5.41) is 2.77. The lowest BCUT2D eigenvalue weighted by atomic mass is 10.1. The highest BCUT2D eigenvalue weighted by Crippen LogP contribution is 2.29. The highest BCUT2D eigenvalue weighted by molar-refractivity contribution is 5.99. The number of nitrogens with zero attached hydrogens (tertiary/aromatic N) is 1. The molecule has 1 aromatic carbocycles. The molecule has 3 rings (SSSR count). The zero-order valence-corrected chi connectivity index (χ0v) is 8.36. The number of hydrogen-bond donors (Lipinski definition) is 2. The van der Waals surface area contributed by atoms with Crippen LogP contribution in [0.4, 0.5) is 11.7 Å². The van der Waals surface area contributed by atoms with Crippen molar-refractivity contribution < 1.29 is 9.21 Å². The first kappa shape index (κ1) is 8.96. The van der Waals surface area contributed by atoms with Crippen molar-refractivity contribution >= 4 is 17.6 Å². The monoisotopic (exact) mass is 215 g/mol. The second kappa shape index (κ2) is 3.10. The molecule has 0 saturated carbocycles. The van der Waals surface area contributed by atoms with Gasteiger partial charge in [0.25, 0.3) is 6.01 Å². The van der Waals surface area contributed by atoms with Gasteiger partial charge in [-0.2, -0.15) is 0 Å². The summed E-state index contributed by atoms with van der Waals surface area (Å²) < 4.78 is 5.22. The first-order chi connectivity index (χ1) is 7.72. The number of amides is 1. The average Bonchev–Trinajstić information content (AvgIpc) is 2.81. The molecule has 0 unspecified atom stereocenters. The Morgan fingerprint density at radius 1 is 1.44 bits per heavy atom. The average molecular weight is 215 g/mol. The number of benzene rings is 1. The largest absolute Gasteiger partial charge is 0.424 e. The molecule has 2 heterocycles. The molecule has 0 atom stereocenters. The van der Waals surface area contributed by atoms with Gasteiger partial charge in [-0.25, -0.2) is 4.98 Å². The van der Waals surface area contributed by atoms with Gasteiger partial charge in [-0.3, -0.25) is 4.79 Å². The molecule has 5 nitrogen and oxygen atoms in total. The summed E-state index contributed by atoms with van der Waals surface area (Å²) in [5.41, 5.74) is 8.11. The van der Waals surface area contributed by atoms with Crippen LogP contribution in [0.5, 0.6) is 0 Å². The number of oxazole rings is 1. The van der Waals surface area contributed by atoms with Crippen molar-refractivity contribution in [3.05, 3.63) is 30.0 Å². The summed E-state index contributed by atoms with van der Waals surface area (Å²) >= 11 is 0. The first-order valence-corrected chi connectivity index (χ1v) is 4.87. The lowest BCUT2D eigenvalue weighted by Crippen LogP contribution is -2.03. The maximum absolute atomic E-state index is 11.2. The summed E-state index contributed by atoms with van der Waals surface area (Å²) in [4.78, 5) is 15.0. The van der Waals surface area contributed by atoms with Crippen molar-refractivity contribution in [3.63, 3.8) is 0 Å². The number of aromatic nitrogens is 1. The molecule has 1 aromatic heterocycles. The Kier molecular flexibility index (Phi) is 1.73. The Labute approximate surface area is 91.3 Å². The zero-order chi connectivity index (χ0) is 11.1. The van der Waals surface area contributed by atoms with E-state index in [1.165, 1.54) is 0 Å². The minimum atomic E-state index is 0.0178. The second-order valence-electron chi connectivity index (χ2n) is 3.66. The van der Waals surface area contributed by atoms with E-state index in [1.807, 2.05) is 18.2 Å². The third-order valence-electron chi connectivity index (χ3n) is 2.54. The molecule has 80 valence electrons. The summed E-state index contributed by atoms with van der Waals surface area (Å²) in [7, 11) is 0. The molecule has 0 spiro atoms. The van der Waals surface area contributed by atoms with Crippen molar-refractivity contribution in [3.8, 4) is 11.3 Å². The SMILES string of the molecule is Nc1ncc(-c2ccc3c(c2)CC(=O)N3)o1. The Morgan fingerprint density at radius 3 is 3.06 bits per heavy atom. The van der Waals surface area contributed by atoms with Crippen LogP contribution >= 0.6 is 0 Å². The van der Waals surface area contributed by atoms with E-state index < -0.39 is 0 Å². The minimum Gasteiger partial charge on any atom is -0.424 e. The van der Waals surface area contributed by atoms with Crippen LogP contribution in [-0.2, 0) is 11.2 Å².